The summed E-state index contributed by atoms with van der Waals surface area (Å²) in [5, 5.41) is 8.76. The molecule has 7 nitrogen and oxygen atoms in total. The van der Waals surface area contributed by atoms with Gasteiger partial charge in [0.25, 0.3) is 5.91 Å². The molecule has 0 aliphatic carbocycles. The van der Waals surface area contributed by atoms with E-state index in [1.54, 1.807) is 13.8 Å². The van der Waals surface area contributed by atoms with Crippen LogP contribution in [0.5, 0.6) is 0 Å². The van der Waals surface area contributed by atoms with E-state index in [2.05, 4.69) is 15.5 Å². The van der Waals surface area contributed by atoms with Crippen LogP contribution in [0, 0.1) is 6.92 Å². The second-order valence-electron chi connectivity index (χ2n) is 3.60. The van der Waals surface area contributed by atoms with E-state index in [0.717, 1.165) is 0 Å². The highest BCUT2D eigenvalue weighted by atomic mass is 32.2. The topological polar surface area (TPSA) is 118 Å². The summed E-state index contributed by atoms with van der Waals surface area (Å²) in [5.41, 5.74) is 6.32. The number of nitrogens with two attached hydrogens (primary N) is 1. The van der Waals surface area contributed by atoms with E-state index in [1.807, 2.05) is 0 Å². The molecule has 8 heteroatoms. The zero-order chi connectivity index (χ0) is 13.1. The monoisotopic (exact) mass is 260 g/mol. The van der Waals surface area contributed by atoms with Crippen molar-refractivity contribution < 1.29 is 13.2 Å². The first-order valence-corrected chi connectivity index (χ1v) is 6.98. The summed E-state index contributed by atoms with van der Waals surface area (Å²) >= 11 is 0. The first-order chi connectivity index (χ1) is 7.87. The molecule has 0 saturated carbocycles. The molecule has 1 aromatic heterocycles. The fourth-order valence-electron chi connectivity index (χ4n) is 1.29. The number of nitrogens with zero attached hydrogens (tertiary/aromatic N) is 1. The number of hydrogen-bond donors (Lipinski definition) is 3. The molecular formula is C9H16N4O3S. The molecule has 1 amide bonds. The van der Waals surface area contributed by atoms with Crippen molar-refractivity contribution in [3.05, 3.63) is 11.3 Å². The third-order valence-electron chi connectivity index (χ3n) is 2.34. The van der Waals surface area contributed by atoms with Gasteiger partial charge in [-0.25, -0.2) is 8.42 Å². The van der Waals surface area contributed by atoms with Gasteiger partial charge in [0.15, 0.2) is 15.7 Å². The van der Waals surface area contributed by atoms with Gasteiger partial charge < -0.3 is 11.1 Å². The number of carbonyl (C=O) groups excluding carboxylic acids is 1. The van der Waals surface area contributed by atoms with E-state index in [-0.39, 0.29) is 29.4 Å². The van der Waals surface area contributed by atoms with E-state index < -0.39 is 15.7 Å². The number of rotatable bonds is 5. The Morgan fingerprint density at radius 1 is 1.53 bits per heavy atom. The molecule has 1 rings (SSSR count). The number of anilines is 1. The Labute approximate surface area is 99.7 Å². The first kappa shape index (κ1) is 13.5. The molecule has 1 aromatic rings. The molecule has 0 radical (unpaired) electrons. The minimum Gasteiger partial charge on any atom is -0.382 e. The van der Waals surface area contributed by atoms with Crippen molar-refractivity contribution >= 4 is 21.6 Å². The Kier molecular flexibility index (Phi) is 4.11. The van der Waals surface area contributed by atoms with Gasteiger partial charge in [0.2, 0.25) is 0 Å². The van der Waals surface area contributed by atoms with Crippen molar-refractivity contribution in [2.24, 2.45) is 0 Å². The minimum atomic E-state index is -3.07. The van der Waals surface area contributed by atoms with E-state index in [9.17, 15) is 13.2 Å². The van der Waals surface area contributed by atoms with E-state index >= 15 is 0 Å². The van der Waals surface area contributed by atoms with Crippen LogP contribution in [0.4, 0.5) is 5.82 Å². The van der Waals surface area contributed by atoms with Crippen LogP contribution in [0.1, 0.15) is 23.0 Å². The Hall–Kier alpha value is -1.57. The maximum Gasteiger partial charge on any atom is 0.256 e. The summed E-state index contributed by atoms with van der Waals surface area (Å²) in [5.74, 6) is -0.319. The lowest BCUT2D eigenvalue weighted by atomic mass is 10.2. The predicted molar refractivity (Wildman–Crippen MR) is 64.4 cm³/mol. The van der Waals surface area contributed by atoms with Crippen LogP contribution in [0.15, 0.2) is 0 Å². The lowest BCUT2D eigenvalue weighted by molar-refractivity contribution is 0.0956. The van der Waals surface area contributed by atoms with Gasteiger partial charge in [-0.1, -0.05) is 6.92 Å². The number of nitrogen functional groups attached to an aromatic ring is 1. The smallest absolute Gasteiger partial charge is 0.256 e. The summed E-state index contributed by atoms with van der Waals surface area (Å²) in [6.07, 6.45) is 0. The van der Waals surface area contributed by atoms with Crippen LogP contribution < -0.4 is 11.1 Å². The maximum absolute atomic E-state index is 11.7. The Morgan fingerprint density at radius 3 is 2.65 bits per heavy atom. The van der Waals surface area contributed by atoms with Crippen molar-refractivity contribution in [3.63, 3.8) is 0 Å². The van der Waals surface area contributed by atoms with Gasteiger partial charge in [0.05, 0.1) is 5.75 Å². The number of hydrogen-bond acceptors (Lipinski definition) is 5. The average Bonchev–Trinajstić information content (AvgIpc) is 2.58. The van der Waals surface area contributed by atoms with Gasteiger partial charge in [-0.2, -0.15) is 5.10 Å². The van der Waals surface area contributed by atoms with E-state index in [4.69, 9.17) is 5.73 Å². The first-order valence-electron chi connectivity index (χ1n) is 5.16. The standard InChI is InChI=1S/C9H16N4O3S/c1-3-17(15,16)5-4-11-9(14)7-6(2)12-13-8(7)10/h3-5H2,1-2H3,(H,11,14)(H3,10,12,13). The van der Waals surface area contributed by atoms with Gasteiger partial charge in [0, 0.05) is 18.0 Å². The molecule has 0 atom stereocenters. The van der Waals surface area contributed by atoms with Crippen LogP contribution in [-0.4, -0.2) is 42.6 Å². The molecule has 0 bridgehead atoms. The quantitative estimate of drug-likeness (QED) is 0.657. The van der Waals surface area contributed by atoms with Gasteiger partial charge in [0.1, 0.15) is 5.56 Å². The molecule has 0 aliphatic rings. The van der Waals surface area contributed by atoms with Crippen LogP contribution in [0.25, 0.3) is 0 Å². The number of H-pyrrole nitrogens is 1. The fraction of sp³-hybridized carbons (Fsp3) is 0.556. The normalized spacial score (nSPS) is 11.4. The SMILES string of the molecule is CCS(=O)(=O)CCNC(=O)c1c(N)n[nH]c1C. The van der Waals surface area contributed by atoms with Crippen molar-refractivity contribution in [3.8, 4) is 0 Å². The molecular weight excluding hydrogens is 244 g/mol. The Balaban J connectivity index is 2.58. The molecule has 0 aromatic carbocycles. The fourth-order valence-corrected chi connectivity index (χ4v) is 1.99. The lowest BCUT2D eigenvalue weighted by Gasteiger charge is -2.05. The molecule has 0 saturated heterocycles. The molecule has 4 N–H and O–H groups in total. The summed E-state index contributed by atoms with van der Waals surface area (Å²) in [6.45, 7) is 3.30. The third-order valence-corrected chi connectivity index (χ3v) is 4.05. The molecule has 0 aliphatic heterocycles. The molecule has 96 valence electrons. The van der Waals surface area contributed by atoms with Gasteiger partial charge in [-0.3, -0.25) is 9.89 Å². The second kappa shape index (κ2) is 5.17. The molecule has 17 heavy (non-hydrogen) atoms. The van der Waals surface area contributed by atoms with Gasteiger partial charge in [-0.15, -0.1) is 0 Å². The maximum atomic E-state index is 11.7. The van der Waals surface area contributed by atoms with E-state index in [1.165, 1.54) is 0 Å². The zero-order valence-electron chi connectivity index (χ0n) is 9.78. The van der Waals surface area contributed by atoms with Crippen LogP contribution in [0.2, 0.25) is 0 Å². The van der Waals surface area contributed by atoms with Crippen molar-refractivity contribution in [2.45, 2.75) is 13.8 Å². The lowest BCUT2D eigenvalue weighted by Crippen LogP contribution is -2.30. The Morgan fingerprint density at radius 2 is 2.18 bits per heavy atom. The molecule has 1 heterocycles. The number of nitrogens with one attached hydrogen (secondary N) is 2. The number of sulfone groups is 1. The predicted octanol–water partition coefficient (Wildman–Crippen LogP) is -0.535. The number of carbonyl (C=O) groups is 1. The molecule has 0 unspecified atom stereocenters. The third kappa shape index (κ3) is 3.45. The zero-order valence-corrected chi connectivity index (χ0v) is 10.6. The highest BCUT2D eigenvalue weighted by molar-refractivity contribution is 7.91. The van der Waals surface area contributed by atoms with Crippen LogP contribution in [-0.2, 0) is 9.84 Å². The summed E-state index contributed by atoms with van der Waals surface area (Å²) in [6, 6.07) is 0. The Bertz CT molecular complexity index is 487. The van der Waals surface area contributed by atoms with Crippen LogP contribution >= 0.6 is 0 Å². The second-order valence-corrected chi connectivity index (χ2v) is 6.07. The highest BCUT2D eigenvalue weighted by Gasteiger charge is 2.16. The highest BCUT2D eigenvalue weighted by Crippen LogP contribution is 2.11. The number of aromatic nitrogens is 2. The largest absolute Gasteiger partial charge is 0.382 e. The molecule has 0 spiro atoms. The van der Waals surface area contributed by atoms with Gasteiger partial charge in [-0.05, 0) is 6.92 Å². The molecule has 0 fully saturated rings. The number of aromatic amines is 1. The van der Waals surface area contributed by atoms with Crippen molar-refractivity contribution in [2.75, 3.05) is 23.8 Å². The minimum absolute atomic E-state index is 0.0652. The van der Waals surface area contributed by atoms with E-state index in [0.29, 0.717) is 5.69 Å². The number of aryl methyl sites for hydroxylation is 1. The average molecular weight is 260 g/mol. The van der Waals surface area contributed by atoms with Crippen molar-refractivity contribution in [1.82, 2.24) is 15.5 Å². The number of amides is 1. The van der Waals surface area contributed by atoms with Gasteiger partial charge >= 0.3 is 0 Å². The summed E-state index contributed by atoms with van der Waals surface area (Å²) < 4.78 is 22.4. The van der Waals surface area contributed by atoms with Crippen LogP contribution in [0.3, 0.4) is 0 Å². The summed E-state index contributed by atoms with van der Waals surface area (Å²) in [7, 11) is -3.07. The van der Waals surface area contributed by atoms with Crippen molar-refractivity contribution in [1.29, 1.82) is 0 Å². The summed E-state index contributed by atoms with van der Waals surface area (Å²) in [4.78, 5) is 11.7.